The summed E-state index contributed by atoms with van der Waals surface area (Å²) in [4.78, 5) is 10.1. The lowest BCUT2D eigenvalue weighted by Gasteiger charge is -2.07. The minimum atomic E-state index is -0.448. The predicted octanol–water partition coefficient (Wildman–Crippen LogP) is 2.49. The number of rotatable bonds is 3. The fourth-order valence-corrected chi connectivity index (χ4v) is 1.46. The summed E-state index contributed by atoms with van der Waals surface area (Å²) in [7, 11) is 0. The molecule has 0 aromatic heterocycles. The number of nitrogens with zero attached hydrogens (tertiary/aromatic N) is 1. The molecule has 0 fully saturated rings. The van der Waals surface area contributed by atoms with Gasteiger partial charge in [-0.1, -0.05) is 6.92 Å². The van der Waals surface area contributed by atoms with Crippen LogP contribution in [0, 0.1) is 10.1 Å². The molecule has 1 atom stereocenters. The molecule has 1 aliphatic heterocycles. The largest absolute Gasteiger partial charge is 0.451 e. The number of hydrogen-bond donors (Lipinski definition) is 0. The summed E-state index contributed by atoms with van der Waals surface area (Å²) >= 11 is 0. The summed E-state index contributed by atoms with van der Waals surface area (Å²) < 4.78 is 10.8. The predicted molar refractivity (Wildman–Crippen MR) is 53.0 cm³/mol. The van der Waals surface area contributed by atoms with Crippen LogP contribution in [0.3, 0.4) is 0 Å². The molecule has 0 aliphatic carbocycles. The molecule has 0 saturated carbocycles. The van der Waals surface area contributed by atoms with Gasteiger partial charge < -0.3 is 9.47 Å². The van der Waals surface area contributed by atoms with E-state index in [9.17, 15) is 10.1 Å². The first kappa shape index (κ1) is 9.76. The van der Waals surface area contributed by atoms with E-state index in [1.54, 1.807) is 6.07 Å². The molecule has 5 heteroatoms. The van der Waals surface area contributed by atoms with Crippen LogP contribution in [0.25, 0.3) is 0 Å². The van der Waals surface area contributed by atoms with Crippen LogP contribution in [-0.4, -0.2) is 11.2 Å². The van der Waals surface area contributed by atoms with E-state index < -0.39 is 4.92 Å². The van der Waals surface area contributed by atoms with E-state index in [4.69, 9.17) is 9.47 Å². The Morgan fingerprint density at radius 1 is 1.40 bits per heavy atom. The molecule has 1 aromatic carbocycles. The van der Waals surface area contributed by atoms with Crippen molar-refractivity contribution in [2.75, 3.05) is 0 Å². The highest BCUT2D eigenvalue weighted by Gasteiger charge is 2.25. The first-order chi connectivity index (χ1) is 7.20. The van der Waals surface area contributed by atoms with Crippen LogP contribution < -0.4 is 9.47 Å². The summed E-state index contributed by atoms with van der Waals surface area (Å²) in [5.41, 5.74) is 0.0227. The standard InChI is InChI=1S/C10H11NO4/c1-2-3-10-14-8-5-4-7(11(12)13)6-9(8)15-10/h4-6,10H,2-3H2,1H3. The molecule has 1 aromatic rings. The quantitative estimate of drug-likeness (QED) is 0.566. The third-order valence-corrected chi connectivity index (χ3v) is 2.18. The number of ether oxygens (including phenoxy) is 2. The molecule has 0 saturated heterocycles. The molecule has 1 heterocycles. The summed E-state index contributed by atoms with van der Waals surface area (Å²) in [5.74, 6) is 1.04. The van der Waals surface area contributed by atoms with Gasteiger partial charge >= 0.3 is 0 Å². The topological polar surface area (TPSA) is 61.6 Å². The Labute approximate surface area is 86.8 Å². The molecular formula is C10H11NO4. The molecular weight excluding hydrogens is 198 g/mol. The van der Waals surface area contributed by atoms with Crippen LogP contribution in [0.4, 0.5) is 5.69 Å². The first-order valence-electron chi connectivity index (χ1n) is 4.82. The third-order valence-electron chi connectivity index (χ3n) is 2.18. The average molecular weight is 209 g/mol. The van der Waals surface area contributed by atoms with Gasteiger partial charge in [-0.25, -0.2) is 0 Å². The van der Waals surface area contributed by atoms with Crippen molar-refractivity contribution in [1.82, 2.24) is 0 Å². The van der Waals surface area contributed by atoms with E-state index in [-0.39, 0.29) is 12.0 Å². The second-order valence-corrected chi connectivity index (χ2v) is 3.34. The van der Waals surface area contributed by atoms with E-state index in [1.165, 1.54) is 12.1 Å². The lowest BCUT2D eigenvalue weighted by molar-refractivity contribution is -0.384. The highest BCUT2D eigenvalue weighted by molar-refractivity contribution is 5.50. The van der Waals surface area contributed by atoms with Crippen molar-refractivity contribution in [2.24, 2.45) is 0 Å². The number of hydrogen-bond acceptors (Lipinski definition) is 4. The van der Waals surface area contributed by atoms with Gasteiger partial charge in [-0.2, -0.15) is 0 Å². The maximum Gasteiger partial charge on any atom is 0.273 e. The second kappa shape index (κ2) is 3.76. The van der Waals surface area contributed by atoms with Gasteiger partial charge in [-0.15, -0.1) is 0 Å². The normalized spacial score (nSPS) is 17.8. The van der Waals surface area contributed by atoms with Crippen LogP contribution in [0.2, 0.25) is 0 Å². The number of nitro groups is 1. The molecule has 80 valence electrons. The van der Waals surface area contributed by atoms with Crippen molar-refractivity contribution in [1.29, 1.82) is 0 Å². The fraction of sp³-hybridized carbons (Fsp3) is 0.400. The number of benzene rings is 1. The van der Waals surface area contributed by atoms with Gasteiger partial charge in [0.1, 0.15) is 0 Å². The van der Waals surface area contributed by atoms with Crippen molar-refractivity contribution in [3.8, 4) is 11.5 Å². The Morgan fingerprint density at radius 2 is 2.13 bits per heavy atom. The van der Waals surface area contributed by atoms with Crippen molar-refractivity contribution in [3.05, 3.63) is 28.3 Å². The van der Waals surface area contributed by atoms with Gasteiger partial charge in [0.05, 0.1) is 11.0 Å². The highest BCUT2D eigenvalue weighted by atomic mass is 16.7. The van der Waals surface area contributed by atoms with Crippen molar-refractivity contribution in [2.45, 2.75) is 26.1 Å². The van der Waals surface area contributed by atoms with E-state index in [1.807, 2.05) is 6.92 Å². The average Bonchev–Trinajstić information content (AvgIpc) is 2.59. The maximum atomic E-state index is 10.5. The van der Waals surface area contributed by atoms with Crippen LogP contribution in [0.15, 0.2) is 18.2 Å². The first-order valence-corrected chi connectivity index (χ1v) is 4.82. The van der Waals surface area contributed by atoms with Crippen LogP contribution in [0.5, 0.6) is 11.5 Å². The van der Waals surface area contributed by atoms with Gasteiger partial charge in [-0.05, 0) is 12.5 Å². The zero-order valence-corrected chi connectivity index (χ0v) is 8.30. The fourth-order valence-electron chi connectivity index (χ4n) is 1.46. The van der Waals surface area contributed by atoms with Crippen molar-refractivity contribution >= 4 is 5.69 Å². The second-order valence-electron chi connectivity index (χ2n) is 3.34. The Bertz CT molecular complexity index is 391. The van der Waals surface area contributed by atoms with E-state index in [0.29, 0.717) is 11.5 Å². The zero-order valence-electron chi connectivity index (χ0n) is 8.30. The molecule has 2 rings (SSSR count). The SMILES string of the molecule is CCCC1Oc2ccc([N+](=O)[O-])cc2O1. The summed E-state index contributed by atoms with van der Waals surface area (Å²) in [6, 6.07) is 4.38. The van der Waals surface area contributed by atoms with Gasteiger partial charge in [0.15, 0.2) is 11.5 Å². The minimum absolute atomic E-state index is 0.0227. The molecule has 0 bridgehead atoms. The summed E-state index contributed by atoms with van der Waals surface area (Å²) in [5, 5.41) is 10.5. The van der Waals surface area contributed by atoms with Crippen molar-refractivity contribution < 1.29 is 14.4 Å². The summed E-state index contributed by atoms with van der Waals surface area (Å²) in [6.07, 6.45) is 1.43. The molecule has 0 radical (unpaired) electrons. The molecule has 15 heavy (non-hydrogen) atoms. The Hall–Kier alpha value is -1.78. The Morgan fingerprint density at radius 3 is 2.80 bits per heavy atom. The van der Waals surface area contributed by atoms with Gasteiger partial charge in [0, 0.05) is 12.5 Å². The zero-order chi connectivity index (χ0) is 10.8. The van der Waals surface area contributed by atoms with Crippen LogP contribution in [-0.2, 0) is 0 Å². The molecule has 1 aliphatic rings. The van der Waals surface area contributed by atoms with Gasteiger partial charge in [-0.3, -0.25) is 10.1 Å². The monoisotopic (exact) mass is 209 g/mol. The minimum Gasteiger partial charge on any atom is -0.451 e. The summed E-state index contributed by atoms with van der Waals surface area (Å²) in [6.45, 7) is 2.03. The molecule has 0 spiro atoms. The molecule has 0 N–H and O–H groups in total. The number of fused-ring (bicyclic) bond motifs is 1. The maximum absolute atomic E-state index is 10.5. The van der Waals surface area contributed by atoms with E-state index in [2.05, 4.69) is 0 Å². The lowest BCUT2D eigenvalue weighted by atomic mass is 10.3. The smallest absolute Gasteiger partial charge is 0.273 e. The Balaban J connectivity index is 2.20. The Kier molecular flexibility index (Phi) is 2.45. The molecule has 5 nitrogen and oxygen atoms in total. The molecule has 0 amide bonds. The lowest BCUT2D eigenvalue weighted by Crippen LogP contribution is -2.16. The third kappa shape index (κ3) is 1.86. The van der Waals surface area contributed by atoms with E-state index in [0.717, 1.165) is 12.8 Å². The highest BCUT2D eigenvalue weighted by Crippen LogP contribution is 2.38. The van der Waals surface area contributed by atoms with Gasteiger partial charge in [0.2, 0.25) is 6.29 Å². The molecule has 1 unspecified atom stereocenters. The number of nitro benzene ring substituents is 1. The van der Waals surface area contributed by atoms with Gasteiger partial charge in [0.25, 0.3) is 5.69 Å². The van der Waals surface area contributed by atoms with Crippen LogP contribution >= 0.6 is 0 Å². The van der Waals surface area contributed by atoms with Crippen molar-refractivity contribution in [3.63, 3.8) is 0 Å². The number of non-ortho nitro benzene ring substituents is 1. The van der Waals surface area contributed by atoms with Crippen LogP contribution in [0.1, 0.15) is 19.8 Å². The van der Waals surface area contributed by atoms with E-state index >= 15 is 0 Å².